The highest BCUT2D eigenvalue weighted by molar-refractivity contribution is 7.26. The molecule has 0 unspecified atom stereocenters. The molecule has 278 valence electrons. The first kappa shape index (κ1) is 34.3. The molecule has 59 heavy (non-hydrogen) atoms. The fourth-order valence-electron chi connectivity index (χ4n) is 9.10. The van der Waals surface area contributed by atoms with Crippen molar-refractivity contribution in [2.24, 2.45) is 0 Å². The largest absolute Gasteiger partial charge is 0.213 e. The summed E-state index contributed by atoms with van der Waals surface area (Å²) in [4.78, 5) is 15.3. The van der Waals surface area contributed by atoms with E-state index < -0.39 is 0 Å². The van der Waals surface area contributed by atoms with Crippen molar-refractivity contribution in [2.45, 2.75) is 19.3 Å². The van der Waals surface area contributed by atoms with Crippen LogP contribution in [0.2, 0.25) is 0 Å². The molecule has 3 aromatic heterocycles. The van der Waals surface area contributed by atoms with E-state index in [0.717, 1.165) is 47.9 Å². The van der Waals surface area contributed by atoms with Crippen molar-refractivity contribution in [1.82, 2.24) is 15.0 Å². The Labute approximate surface area is 348 Å². The van der Waals surface area contributed by atoms with Crippen LogP contribution in [0.5, 0.6) is 0 Å². The number of aromatic nitrogens is 3. The number of nitrogens with zero attached hydrogens (tertiary/aromatic N) is 3. The summed E-state index contributed by atoms with van der Waals surface area (Å²) in [6.07, 6.45) is 2.60. The van der Waals surface area contributed by atoms with Crippen LogP contribution in [-0.4, -0.2) is 15.0 Å². The highest BCUT2D eigenvalue weighted by Crippen LogP contribution is 2.42. The van der Waals surface area contributed by atoms with Crippen molar-refractivity contribution < 1.29 is 0 Å². The number of aryl methyl sites for hydroxylation is 2. The van der Waals surface area contributed by atoms with Gasteiger partial charge in [-0.1, -0.05) is 140 Å². The summed E-state index contributed by atoms with van der Waals surface area (Å²) >= 11 is 3.69. The summed E-state index contributed by atoms with van der Waals surface area (Å²) in [6.45, 7) is 0. The second-order valence-electron chi connectivity index (χ2n) is 15.4. The van der Waals surface area contributed by atoms with Gasteiger partial charge in [0.15, 0.2) is 11.6 Å². The predicted molar refractivity (Wildman–Crippen MR) is 253 cm³/mol. The van der Waals surface area contributed by atoms with Gasteiger partial charge in [-0.3, -0.25) is 0 Å². The summed E-state index contributed by atoms with van der Waals surface area (Å²) in [5, 5.41) is 13.0. The maximum Gasteiger partial charge on any atom is 0.165 e. The molecule has 0 fully saturated rings. The normalized spacial score (nSPS) is 11.9. The molecule has 0 aliphatic carbocycles. The molecule has 0 atom stereocenters. The van der Waals surface area contributed by atoms with E-state index in [-0.39, 0.29) is 0 Å². The Hall–Kier alpha value is -6.79. The van der Waals surface area contributed by atoms with Crippen molar-refractivity contribution >= 4 is 95.3 Å². The van der Waals surface area contributed by atoms with Gasteiger partial charge in [0.2, 0.25) is 0 Å². The lowest BCUT2D eigenvalue weighted by Gasteiger charge is -2.12. The molecule has 0 spiro atoms. The number of rotatable bonds is 7. The smallest absolute Gasteiger partial charge is 0.165 e. The van der Waals surface area contributed by atoms with Gasteiger partial charge in [0.1, 0.15) is 5.82 Å². The average molecular weight is 790 g/mol. The molecule has 0 radical (unpaired) electrons. The molecule has 0 saturated heterocycles. The third-order valence-electron chi connectivity index (χ3n) is 11.9. The standard InChI is InChI=1S/C54H35N3S2/c1-2-13-34(14-3-1)53-55-50(56-54(57-53)44-23-12-22-43-42-21-8-9-24-47(42)59-52(43)44)26-11-16-33-15-10-25-49-51(33)46-32-36(28-30-48(46)58-49)35-27-29-41-39-19-5-4-17-37(39)38-18-6-7-20-40(38)45(41)31-35/h1-10,12-15,17-25,27-32H,11,16,26H2. The first-order valence-corrected chi connectivity index (χ1v) is 21.9. The van der Waals surface area contributed by atoms with Gasteiger partial charge in [-0.2, -0.15) is 0 Å². The van der Waals surface area contributed by atoms with Gasteiger partial charge in [0.25, 0.3) is 0 Å². The van der Waals surface area contributed by atoms with E-state index in [0.29, 0.717) is 0 Å². The zero-order chi connectivity index (χ0) is 38.9. The van der Waals surface area contributed by atoms with Crippen molar-refractivity contribution in [2.75, 3.05) is 0 Å². The zero-order valence-corrected chi connectivity index (χ0v) is 33.7. The Bertz CT molecular complexity index is 3570. The van der Waals surface area contributed by atoms with Gasteiger partial charge in [-0.15, -0.1) is 22.7 Å². The predicted octanol–water partition coefficient (Wildman–Crippen LogP) is 15.2. The monoisotopic (exact) mass is 789 g/mol. The second-order valence-corrected chi connectivity index (χ2v) is 17.5. The maximum absolute atomic E-state index is 5.17. The van der Waals surface area contributed by atoms with Crippen LogP contribution in [-0.2, 0) is 12.8 Å². The lowest BCUT2D eigenvalue weighted by molar-refractivity contribution is 0.768. The van der Waals surface area contributed by atoms with Gasteiger partial charge in [-0.05, 0) is 98.2 Å². The molecule has 3 heterocycles. The van der Waals surface area contributed by atoms with Crippen LogP contribution in [0.1, 0.15) is 17.8 Å². The summed E-state index contributed by atoms with van der Waals surface area (Å²) < 4.78 is 5.13. The second kappa shape index (κ2) is 13.9. The van der Waals surface area contributed by atoms with Crippen LogP contribution >= 0.6 is 22.7 Å². The minimum atomic E-state index is 0.719. The third kappa shape index (κ3) is 5.80. The summed E-state index contributed by atoms with van der Waals surface area (Å²) in [7, 11) is 0. The minimum absolute atomic E-state index is 0.719. The molecule has 12 aromatic rings. The molecule has 0 aliphatic heterocycles. The number of thiophene rings is 2. The highest BCUT2D eigenvalue weighted by atomic mass is 32.1. The van der Waals surface area contributed by atoms with E-state index in [2.05, 4.69) is 158 Å². The maximum atomic E-state index is 5.17. The van der Waals surface area contributed by atoms with E-state index in [1.165, 1.54) is 89.4 Å². The van der Waals surface area contributed by atoms with Gasteiger partial charge < -0.3 is 0 Å². The summed E-state index contributed by atoms with van der Waals surface area (Å²) in [6, 6.07) is 63.9. The van der Waals surface area contributed by atoms with Gasteiger partial charge in [-0.25, -0.2) is 15.0 Å². The van der Waals surface area contributed by atoms with Crippen molar-refractivity contribution in [1.29, 1.82) is 0 Å². The summed E-state index contributed by atoms with van der Waals surface area (Å²) in [5.41, 5.74) is 5.91. The third-order valence-corrected chi connectivity index (χ3v) is 14.2. The molecule has 9 aromatic carbocycles. The van der Waals surface area contributed by atoms with Crippen LogP contribution in [0, 0.1) is 0 Å². The van der Waals surface area contributed by atoms with Gasteiger partial charge in [0.05, 0.1) is 0 Å². The Kier molecular flexibility index (Phi) is 8.10. The number of hydrogen-bond donors (Lipinski definition) is 0. The lowest BCUT2D eigenvalue weighted by atomic mass is 9.91. The Morgan fingerprint density at radius 2 is 0.949 bits per heavy atom. The molecule has 0 amide bonds. The molecule has 3 nitrogen and oxygen atoms in total. The van der Waals surface area contributed by atoms with E-state index in [4.69, 9.17) is 15.0 Å². The van der Waals surface area contributed by atoms with Crippen molar-refractivity contribution in [3.05, 3.63) is 187 Å². The quantitative estimate of drug-likeness (QED) is 0.151. The molecular formula is C54H35N3S2. The number of benzene rings is 9. The Morgan fingerprint density at radius 3 is 1.75 bits per heavy atom. The lowest BCUT2D eigenvalue weighted by Crippen LogP contribution is -2.04. The van der Waals surface area contributed by atoms with Crippen molar-refractivity contribution in [3.63, 3.8) is 0 Å². The van der Waals surface area contributed by atoms with Gasteiger partial charge in [0, 0.05) is 57.9 Å². The average Bonchev–Trinajstić information content (AvgIpc) is 3.88. The molecular weight excluding hydrogens is 755 g/mol. The molecule has 0 aliphatic rings. The number of hydrogen-bond acceptors (Lipinski definition) is 5. The van der Waals surface area contributed by atoms with E-state index in [9.17, 15) is 0 Å². The zero-order valence-electron chi connectivity index (χ0n) is 32.0. The topological polar surface area (TPSA) is 38.7 Å². The Morgan fingerprint density at radius 1 is 0.356 bits per heavy atom. The molecule has 0 N–H and O–H groups in total. The first-order chi connectivity index (χ1) is 29.2. The molecule has 12 rings (SSSR count). The van der Waals surface area contributed by atoms with E-state index in [1.807, 2.05) is 40.9 Å². The fourth-order valence-corrected chi connectivity index (χ4v) is 11.4. The molecule has 0 saturated carbocycles. The highest BCUT2D eigenvalue weighted by Gasteiger charge is 2.17. The Balaban J connectivity index is 0.904. The van der Waals surface area contributed by atoms with Gasteiger partial charge >= 0.3 is 0 Å². The fraction of sp³-hybridized carbons (Fsp3) is 0.0556. The molecule has 5 heteroatoms. The first-order valence-electron chi connectivity index (χ1n) is 20.2. The van der Waals surface area contributed by atoms with E-state index in [1.54, 1.807) is 0 Å². The van der Waals surface area contributed by atoms with Crippen LogP contribution < -0.4 is 0 Å². The number of fused-ring (bicyclic) bond motifs is 12. The molecule has 0 bridgehead atoms. The van der Waals surface area contributed by atoms with Crippen molar-refractivity contribution in [3.8, 4) is 33.9 Å². The summed E-state index contributed by atoms with van der Waals surface area (Å²) in [5.74, 6) is 2.28. The van der Waals surface area contributed by atoms with E-state index >= 15 is 0 Å². The van der Waals surface area contributed by atoms with Crippen LogP contribution in [0.4, 0.5) is 0 Å². The minimum Gasteiger partial charge on any atom is -0.213 e. The van der Waals surface area contributed by atoms with Crippen LogP contribution in [0.15, 0.2) is 176 Å². The van der Waals surface area contributed by atoms with Crippen LogP contribution in [0.25, 0.3) is 107 Å². The SMILES string of the molecule is c1ccc(-c2nc(CCCc3cccc4sc5ccc(-c6ccc7c8ccccc8c8ccccc8c7c6)cc5c34)nc(-c3cccc4c3sc3ccccc34)n2)cc1. The van der Waals surface area contributed by atoms with Crippen LogP contribution in [0.3, 0.4) is 0 Å².